The molecular formula is C17H18N4O3. The van der Waals surface area contributed by atoms with Gasteiger partial charge in [0.15, 0.2) is 5.69 Å². The van der Waals surface area contributed by atoms with Crippen molar-refractivity contribution in [1.82, 2.24) is 15.5 Å². The van der Waals surface area contributed by atoms with Crippen LogP contribution in [0, 0.1) is 6.92 Å². The number of amides is 3. The molecule has 3 N–H and O–H groups in total. The number of benzene rings is 1. The van der Waals surface area contributed by atoms with Crippen molar-refractivity contribution in [1.29, 1.82) is 0 Å². The number of aryl methyl sites for hydroxylation is 2. The second-order valence-corrected chi connectivity index (χ2v) is 5.84. The lowest BCUT2D eigenvalue weighted by atomic mass is 9.96. The van der Waals surface area contributed by atoms with Gasteiger partial charge in [0.1, 0.15) is 0 Å². The maximum absolute atomic E-state index is 12.2. The summed E-state index contributed by atoms with van der Waals surface area (Å²) in [6.07, 6.45) is 3.62. The maximum atomic E-state index is 12.2. The Morgan fingerprint density at radius 1 is 1.04 bits per heavy atom. The third-order valence-corrected chi connectivity index (χ3v) is 4.01. The third kappa shape index (κ3) is 3.34. The topological polar surface area (TPSA) is 104 Å². The van der Waals surface area contributed by atoms with Crippen molar-refractivity contribution >= 4 is 23.4 Å². The van der Waals surface area contributed by atoms with Crippen LogP contribution in [0.2, 0.25) is 0 Å². The number of carbonyl (C=O) groups is 3. The fraction of sp³-hybridized carbons (Fsp3) is 0.294. The zero-order valence-electron chi connectivity index (χ0n) is 13.3. The highest BCUT2D eigenvalue weighted by atomic mass is 16.2. The number of anilines is 1. The summed E-state index contributed by atoms with van der Waals surface area (Å²) in [7, 11) is 0. The van der Waals surface area contributed by atoms with Gasteiger partial charge in [-0.3, -0.25) is 24.8 Å². The molecule has 1 aliphatic rings. The average molecular weight is 326 g/mol. The fourth-order valence-electron chi connectivity index (χ4n) is 2.71. The van der Waals surface area contributed by atoms with Gasteiger partial charge in [0.05, 0.1) is 0 Å². The Morgan fingerprint density at radius 3 is 2.50 bits per heavy atom. The Morgan fingerprint density at radius 2 is 1.75 bits per heavy atom. The van der Waals surface area contributed by atoms with Crippen LogP contribution in [0.1, 0.15) is 40.2 Å². The number of rotatable bonds is 2. The van der Waals surface area contributed by atoms with E-state index in [1.807, 2.05) is 19.1 Å². The Balaban J connectivity index is 1.63. The van der Waals surface area contributed by atoms with Gasteiger partial charge in [0.25, 0.3) is 5.91 Å². The van der Waals surface area contributed by atoms with Crippen molar-refractivity contribution in [2.45, 2.75) is 32.6 Å². The van der Waals surface area contributed by atoms with Gasteiger partial charge in [-0.05, 0) is 44.7 Å². The van der Waals surface area contributed by atoms with E-state index in [1.54, 1.807) is 12.1 Å². The van der Waals surface area contributed by atoms with Crippen LogP contribution in [0.4, 0.5) is 5.69 Å². The number of hydrogen-bond donors (Lipinski definition) is 3. The van der Waals surface area contributed by atoms with E-state index in [4.69, 9.17) is 0 Å². The number of carbonyl (C=O) groups excluding carboxylic acids is 3. The molecule has 2 aromatic rings. The molecular weight excluding hydrogens is 308 g/mol. The van der Waals surface area contributed by atoms with Crippen LogP contribution in [0.5, 0.6) is 0 Å². The van der Waals surface area contributed by atoms with E-state index in [1.165, 1.54) is 0 Å². The van der Waals surface area contributed by atoms with Crippen molar-refractivity contribution in [2.75, 3.05) is 5.32 Å². The number of nitrogens with zero attached hydrogens (tertiary/aromatic N) is 1. The first-order valence-corrected chi connectivity index (χ1v) is 7.84. The van der Waals surface area contributed by atoms with Crippen LogP contribution < -0.4 is 10.6 Å². The zero-order valence-corrected chi connectivity index (χ0v) is 13.3. The second-order valence-electron chi connectivity index (χ2n) is 5.84. The minimum atomic E-state index is -1.01. The smallest absolute Gasteiger partial charge is 0.316 e. The molecule has 7 nitrogen and oxygen atoms in total. The van der Waals surface area contributed by atoms with E-state index in [0.29, 0.717) is 5.69 Å². The first-order chi connectivity index (χ1) is 11.5. The van der Waals surface area contributed by atoms with Crippen LogP contribution in [-0.2, 0) is 22.4 Å². The molecule has 0 aliphatic heterocycles. The first-order valence-electron chi connectivity index (χ1n) is 7.84. The van der Waals surface area contributed by atoms with Crippen molar-refractivity contribution in [3.05, 3.63) is 46.8 Å². The summed E-state index contributed by atoms with van der Waals surface area (Å²) < 4.78 is 0. The molecule has 0 saturated carbocycles. The van der Waals surface area contributed by atoms with E-state index in [2.05, 4.69) is 20.8 Å². The molecule has 0 unspecified atom stereocenters. The van der Waals surface area contributed by atoms with Crippen molar-refractivity contribution in [2.24, 2.45) is 0 Å². The van der Waals surface area contributed by atoms with E-state index in [-0.39, 0.29) is 5.69 Å². The van der Waals surface area contributed by atoms with Crippen LogP contribution >= 0.6 is 0 Å². The van der Waals surface area contributed by atoms with E-state index >= 15 is 0 Å². The Labute approximate surface area is 138 Å². The summed E-state index contributed by atoms with van der Waals surface area (Å²) in [6, 6.07) is 7.00. The van der Waals surface area contributed by atoms with Gasteiger partial charge in [0.2, 0.25) is 0 Å². The highest BCUT2D eigenvalue weighted by Gasteiger charge is 2.25. The fourth-order valence-corrected chi connectivity index (χ4v) is 2.71. The molecule has 0 atom stereocenters. The molecule has 1 heterocycles. The maximum Gasteiger partial charge on any atom is 0.316 e. The lowest BCUT2D eigenvalue weighted by molar-refractivity contribution is -0.135. The SMILES string of the molecule is Cc1ccc(NC(=O)C(=O)NC(=O)c2n[nH]c3c2CCCC3)cc1. The van der Waals surface area contributed by atoms with Gasteiger partial charge in [-0.1, -0.05) is 17.7 Å². The molecule has 3 rings (SSSR count). The number of hydrogen-bond acceptors (Lipinski definition) is 4. The number of imide groups is 1. The average Bonchev–Trinajstić information content (AvgIpc) is 3.01. The monoisotopic (exact) mass is 326 g/mol. The minimum Gasteiger partial charge on any atom is -0.318 e. The number of nitrogens with one attached hydrogen (secondary N) is 3. The molecule has 0 spiro atoms. The summed E-state index contributed by atoms with van der Waals surface area (Å²) in [6.45, 7) is 1.92. The molecule has 1 aliphatic carbocycles. The molecule has 1 aromatic carbocycles. The van der Waals surface area contributed by atoms with Gasteiger partial charge in [0, 0.05) is 16.9 Å². The summed E-state index contributed by atoms with van der Waals surface area (Å²) in [5.41, 5.74) is 3.50. The Bertz CT molecular complexity index is 793. The highest BCUT2D eigenvalue weighted by molar-refractivity contribution is 6.42. The molecule has 3 amide bonds. The molecule has 0 saturated heterocycles. The lowest BCUT2D eigenvalue weighted by Gasteiger charge is -2.10. The van der Waals surface area contributed by atoms with Gasteiger partial charge in [-0.2, -0.15) is 5.10 Å². The van der Waals surface area contributed by atoms with Crippen LogP contribution in [0.25, 0.3) is 0 Å². The largest absolute Gasteiger partial charge is 0.318 e. The van der Waals surface area contributed by atoms with Crippen molar-refractivity contribution in [3.8, 4) is 0 Å². The first kappa shape index (κ1) is 15.9. The standard InChI is InChI=1S/C17H18N4O3/c1-10-6-8-11(9-7-10)18-16(23)17(24)19-15(22)14-12-4-2-3-5-13(12)20-21-14/h6-9H,2-5H2,1H3,(H,18,23)(H,20,21)(H,19,22,24). The van der Waals surface area contributed by atoms with Gasteiger partial charge < -0.3 is 5.32 Å². The third-order valence-electron chi connectivity index (χ3n) is 4.01. The summed E-state index contributed by atoms with van der Waals surface area (Å²) in [5, 5.41) is 11.4. The van der Waals surface area contributed by atoms with E-state index in [0.717, 1.165) is 42.5 Å². The highest BCUT2D eigenvalue weighted by Crippen LogP contribution is 2.21. The Kier molecular flexibility index (Phi) is 4.41. The second kappa shape index (κ2) is 6.66. The lowest BCUT2D eigenvalue weighted by Crippen LogP contribution is -2.39. The predicted octanol–water partition coefficient (Wildman–Crippen LogP) is 1.49. The Hall–Kier alpha value is -2.96. The van der Waals surface area contributed by atoms with Crippen LogP contribution in [-0.4, -0.2) is 27.9 Å². The normalized spacial score (nSPS) is 13.0. The van der Waals surface area contributed by atoms with E-state index in [9.17, 15) is 14.4 Å². The molecule has 0 fully saturated rings. The number of aromatic nitrogens is 2. The van der Waals surface area contributed by atoms with E-state index < -0.39 is 17.7 Å². The molecule has 1 aromatic heterocycles. The van der Waals surface area contributed by atoms with Crippen LogP contribution in [0.3, 0.4) is 0 Å². The van der Waals surface area contributed by atoms with Gasteiger partial charge in [-0.25, -0.2) is 0 Å². The van der Waals surface area contributed by atoms with Crippen molar-refractivity contribution < 1.29 is 14.4 Å². The zero-order chi connectivity index (χ0) is 17.1. The molecule has 24 heavy (non-hydrogen) atoms. The van der Waals surface area contributed by atoms with Crippen LogP contribution in [0.15, 0.2) is 24.3 Å². The molecule has 0 radical (unpaired) electrons. The number of aromatic amines is 1. The van der Waals surface area contributed by atoms with Gasteiger partial charge in [-0.15, -0.1) is 0 Å². The number of fused-ring (bicyclic) bond motifs is 1. The minimum absolute atomic E-state index is 0.196. The quantitative estimate of drug-likeness (QED) is 0.727. The molecule has 0 bridgehead atoms. The summed E-state index contributed by atoms with van der Waals surface area (Å²) in [4.78, 5) is 36.0. The predicted molar refractivity (Wildman–Crippen MR) is 87.5 cm³/mol. The van der Waals surface area contributed by atoms with Crippen molar-refractivity contribution in [3.63, 3.8) is 0 Å². The van der Waals surface area contributed by atoms with Gasteiger partial charge >= 0.3 is 11.8 Å². The number of H-pyrrole nitrogens is 1. The summed E-state index contributed by atoms with van der Waals surface area (Å²) in [5.74, 6) is -2.55. The summed E-state index contributed by atoms with van der Waals surface area (Å²) >= 11 is 0. The molecule has 7 heteroatoms. The molecule has 124 valence electrons.